The number of hydrogen-bond donors (Lipinski definition) is 0. The molecule has 3 rings (SSSR count). The van der Waals surface area contributed by atoms with Crippen molar-refractivity contribution in [2.24, 2.45) is 0 Å². The molecule has 0 N–H and O–H groups in total. The van der Waals surface area contributed by atoms with Crippen LogP contribution >= 0.6 is 11.6 Å². The number of hydrogen-bond acceptors (Lipinski definition) is 2. The van der Waals surface area contributed by atoms with Crippen LogP contribution in [0.15, 0.2) is 18.3 Å². The maximum atomic E-state index is 6.05. The zero-order chi connectivity index (χ0) is 10.3. The maximum Gasteiger partial charge on any atom is 0.179 e. The van der Waals surface area contributed by atoms with Crippen molar-refractivity contribution in [2.45, 2.75) is 31.6 Å². The summed E-state index contributed by atoms with van der Waals surface area (Å²) >= 11 is 6.05. The largest absolute Gasteiger partial charge is 0.285 e. The van der Waals surface area contributed by atoms with E-state index in [1.165, 1.54) is 25.7 Å². The molecule has 0 atom stereocenters. The SMILES string of the molecule is Clc1cccn2c(C3CCCC3)nnc12. The number of rotatable bonds is 1. The smallest absolute Gasteiger partial charge is 0.179 e. The fourth-order valence-corrected chi connectivity index (χ4v) is 2.57. The summed E-state index contributed by atoms with van der Waals surface area (Å²) in [4.78, 5) is 0. The Bertz CT molecular complexity index is 486. The molecule has 0 bridgehead atoms. The lowest BCUT2D eigenvalue weighted by atomic mass is 10.1. The first-order chi connectivity index (χ1) is 7.36. The molecule has 0 spiro atoms. The Labute approximate surface area is 93.1 Å². The van der Waals surface area contributed by atoms with Gasteiger partial charge in [-0.2, -0.15) is 0 Å². The second kappa shape index (κ2) is 3.49. The van der Waals surface area contributed by atoms with Crippen molar-refractivity contribution in [3.8, 4) is 0 Å². The summed E-state index contributed by atoms with van der Waals surface area (Å²) < 4.78 is 2.03. The molecule has 0 radical (unpaired) electrons. The highest BCUT2D eigenvalue weighted by Crippen LogP contribution is 2.33. The Kier molecular flexibility index (Phi) is 2.13. The van der Waals surface area contributed by atoms with Crippen LogP contribution in [0.2, 0.25) is 5.02 Å². The van der Waals surface area contributed by atoms with Crippen LogP contribution in [0.4, 0.5) is 0 Å². The van der Waals surface area contributed by atoms with Crippen molar-refractivity contribution in [3.05, 3.63) is 29.2 Å². The van der Waals surface area contributed by atoms with E-state index in [0.29, 0.717) is 10.9 Å². The third kappa shape index (κ3) is 1.42. The standard InChI is InChI=1S/C11H12ClN3/c12-9-6-3-7-15-10(13-14-11(9)15)8-4-1-2-5-8/h3,6-8H,1-2,4-5H2. The molecule has 1 aliphatic rings. The van der Waals surface area contributed by atoms with E-state index in [-0.39, 0.29) is 0 Å². The first kappa shape index (κ1) is 9.16. The van der Waals surface area contributed by atoms with Crippen LogP contribution in [0.3, 0.4) is 0 Å². The van der Waals surface area contributed by atoms with Gasteiger partial charge in [0, 0.05) is 12.1 Å². The van der Waals surface area contributed by atoms with Gasteiger partial charge < -0.3 is 0 Å². The van der Waals surface area contributed by atoms with Gasteiger partial charge >= 0.3 is 0 Å². The van der Waals surface area contributed by atoms with Gasteiger partial charge in [-0.05, 0) is 25.0 Å². The molecule has 4 heteroatoms. The highest BCUT2D eigenvalue weighted by molar-refractivity contribution is 6.33. The molecule has 15 heavy (non-hydrogen) atoms. The summed E-state index contributed by atoms with van der Waals surface area (Å²) in [6.07, 6.45) is 7.07. The van der Waals surface area contributed by atoms with E-state index in [4.69, 9.17) is 11.6 Å². The predicted molar refractivity (Wildman–Crippen MR) is 59.2 cm³/mol. The van der Waals surface area contributed by atoms with E-state index in [0.717, 1.165) is 11.5 Å². The van der Waals surface area contributed by atoms with Crippen molar-refractivity contribution >= 4 is 17.2 Å². The van der Waals surface area contributed by atoms with Crippen LogP contribution in [-0.4, -0.2) is 14.6 Å². The van der Waals surface area contributed by atoms with E-state index in [1.807, 2.05) is 22.7 Å². The van der Waals surface area contributed by atoms with E-state index in [9.17, 15) is 0 Å². The molecule has 0 saturated heterocycles. The van der Waals surface area contributed by atoms with Gasteiger partial charge in [0.25, 0.3) is 0 Å². The fraction of sp³-hybridized carbons (Fsp3) is 0.455. The van der Waals surface area contributed by atoms with E-state index in [2.05, 4.69) is 10.2 Å². The lowest BCUT2D eigenvalue weighted by Gasteiger charge is -2.06. The van der Waals surface area contributed by atoms with E-state index < -0.39 is 0 Å². The van der Waals surface area contributed by atoms with Crippen molar-refractivity contribution in [3.63, 3.8) is 0 Å². The molecule has 2 aromatic rings. The molecular formula is C11H12ClN3. The Morgan fingerprint density at radius 1 is 1.27 bits per heavy atom. The topological polar surface area (TPSA) is 30.2 Å². The predicted octanol–water partition coefficient (Wildman–Crippen LogP) is 3.04. The van der Waals surface area contributed by atoms with Crippen LogP contribution < -0.4 is 0 Å². The molecule has 1 aliphatic carbocycles. The van der Waals surface area contributed by atoms with Crippen LogP contribution in [0.1, 0.15) is 37.4 Å². The first-order valence-electron chi connectivity index (χ1n) is 5.35. The number of aromatic nitrogens is 3. The van der Waals surface area contributed by atoms with Crippen molar-refractivity contribution < 1.29 is 0 Å². The van der Waals surface area contributed by atoms with Gasteiger partial charge in [-0.1, -0.05) is 24.4 Å². The Morgan fingerprint density at radius 2 is 2.07 bits per heavy atom. The second-order valence-electron chi connectivity index (χ2n) is 4.09. The first-order valence-corrected chi connectivity index (χ1v) is 5.73. The number of fused-ring (bicyclic) bond motifs is 1. The third-order valence-electron chi connectivity index (χ3n) is 3.13. The molecule has 2 heterocycles. The molecule has 0 unspecified atom stereocenters. The average Bonchev–Trinajstić information content (AvgIpc) is 2.85. The monoisotopic (exact) mass is 221 g/mol. The fourth-order valence-electron chi connectivity index (χ4n) is 2.36. The lowest BCUT2D eigenvalue weighted by molar-refractivity contribution is 0.659. The van der Waals surface area contributed by atoms with Gasteiger partial charge in [0.2, 0.25) is 0 Å². The molecule has 3 nitrogen and oxygen atoms in total. The number of nitrogens with zero attached hydrogens (tertiary/aromatic N) is 3. The second-order valence-corrected chi connectivity index (χ2v) is 4.50. The molecule has 78 valence electrons. The van der Waals surface area contributed by atoms with Gasteiger partial charge in [0.15, 0.2) is 5.65 Å². The van der Waals surface area contributed by atoms with Crippen LogP contribution in [-0.2, 0) is 0 Å². The van der Waals surface area contributed by atoms with Crippen molar-refractivity contribution in [1.29, 1.82) is 0 Å². The van der Waals surface area contributed by atoms with Gasteiger partial charge in [0.05, 0.1) is 5.02 Å². The zero-order valence-corrected chi connectivity index (χ0v) is 9.11. The molecule has 0 aromatic carbocycles. The van der Waals surface area contributed by atoms with E-state index >= 15 is 0 Å². The van der Waals surface area contributed by atoms with Gasteiger partial charge in [-0.25, -0.2) is 0 Å². The summed E-state index contributed by atoms with van der Waals surface area (Å²) in [5.41, 5.74) is 0.779. The molecule has 0 amide bonds. The molecule has 2 aromatic heterocycles. The Balaban J connectivity index is 2.15. The number of pyridine rings is 1. The summed E-state index contributed by atoms with van der Waals surface area (Å²) in [5.74, 6) is 1.64. The molecule has 1 fully saturated rings. The van der Waals surface area contributed by atoms with Crippen molar-refractivity contribution in [1.82, 2.24) is 14.6 Å². The normalized spacial score (nSPS) is 17.7. The van der Waals surface area contributed by atoms with Crippen LogP contribution in [0.25, 0.3) is 5.65 Å². The lowest BCUT2D eigenvalue weighted by Crippen LogP contribution is -1.99. The molecular weight excluding hydrogens is 210 g/mol. The quantitative estimate of drug-likeness (QED) is 0.741. The summed E-state index contributed by atoms with van der Waals surface area (Å²) in [6, 6.07) is 3.79. The van der Waals surface area contributed by atoms with Crippen molar-refractivity contribution in [2.75, 3.05) is 0 Å². The van der Waals surface area contributed by atoms with E-state index in [1.54, 1.807) is 0 Å². The minimum Gasteiger partial charge on any atom is -0.285 e. The summed E-state index contributed by atoms with van der Waals surface area (Å²) in [5, 5.41) is 9.09. The van der Waals surface area contributed by atoms with Crippen LogP contribution in [0, 0.1) is 0 Å². The van der Waals surface area contributed by atoms with Gasteiger partial charge in [-0.3, -0.25) is 4.40 Å². The van der Waals surface area contributed by atoms with Crippen LogP contribution in [0.5, 0.6) is 0 Å². The highest BCUT2D eigenvalue weighted by atomic mass is 35.5. The average molecular weight is 222 g/mol. The molecule has 1 saturated carbocycles. The minimum absolute atomic E-state index is 0.568. The molecule has 0 aliphatic heterocycles. The maximum absolute atomic E-state index is 6.05. The summed E-state index contributed by atoms with van der Waals surface area (Å²) in [6.45, 7) is 0. The Morgan fingerprint density at radius 3 is 2.87 bits per heavy atom. The Hall–Kier alpha value is -1.09. The zero-order valence-electron chi connectivity index (χ0n) is 8.36. The highest BCUT2D eigenvalue weighted by Gasteiger charge is 2.22. The van der Waals surface area contributed by atoms with Gasteiger partial charge in [-0.15, -0.1) is 10.2 Å². The minimum atomic E-state index is 0.568. The van der Waals surface area contributed by atoms with Gasteiger partial charge in [0.1, 0.15) is 5.82 Å². The number of halogens is 1. The third-order valence-corrected chi connectivity index (χ3v) is 3.43. The summed E-state index contributed by atoms with van der Waals surface area (Å²) in [7, 11) is 0.